The van der Waals surface area contributed by atoms with E-state index >= 15 is 0 Å². The van der Waals surface area contributed by atoms with Crippen LogP contribution >= 0.6 is 39.1 Å². The van der Waals surface area contributed by atoms with Gasteiger partial charge in [0.2, 0.25) is 5.91 Å². The first-order valence-corrected chi connectivity index (χ1v) is 8.52. The van der Waals surface area contributed by atoms with E-state index in [4.69, 9.17) is 23.2 Å². The summed E-state index contributed by atoms with van der Waals surface area (Å²) in [6.07, 6.45) is 1.59. The fraction of sp³-hybridized carbons (Fsp3) is 0.0588. The van der Waals surface area contributed by atoms with Crippen molar-refractivity contribution in [1.82, 2.24) is 4.57 Å². The van der Waals surface area contributed by atoms with E-state index in [9.17, 15) is 9.59 Å². The highest BCUT2D eigenvalue weighted by Gasteiger charge is 2.10. The van der Waals surface area contributed by atoms with Crippen molar-refractivity contribution in [2.45, 2.75) is 6.54 Å². The molecule has 0 bridgehead atoms. The zero-order chi connectivity index (χ0) is 17.3. The first-order valence-electron chi connectivity index (χ1n) is 6.97. The predicted octanol–water partition coefficient (Wildman–Crippen LogP) is 4.71. The normalized spacial score (nSPS) is 10.8. The van der Waals surface area contributed by atoms with E-state index in [0.717, 1.165) is 4.47 Å². The summed E-state index contributed by atoms with van der Waals surface area (Å²) in [5.74, 6) is -0.271. The average molecular weight is 426 g/mol. The average Bonchev–Trinajstić information content (AvgIpc) is 2.54. The Bertz CT molecular complexity index is 1000. The SMILES string of the molecule is O=C(Cn1ccc(=O)c2cc(Br)ccc21)Nc1cc(Cl)ccc1Cl. The van der Waals surface area contributed by atoms with Crippen LogP contribution in [0.3, 0.4) is 0 Å². The number of benzene rings is 2. The van der Waals surface area contributed by atoms with Crippen LogP contribution in [-0.2, 0) is 11.3 Å². The number of anilines is 1. The number of carbonyl (C=O) groups is 1. The molecule has 24 heavy (non-hydrogen) atoms. The molecule has 4 nitrogen and oxygen atoms in total. The molecule has 0 saturated carbocycles. The molecule has 122 valence electrons. The third-order valence-corrected chi connectivity index (χ3v) is 4.51. The van der Waals surface area contributed by atoms with Gasteiger partial charge in [0.15, 0.2) is 5.43 Å². The summed E-state index contributed by atoms with van der Waals surface area (Å²) in [4.78, 5) is 24.3. The number of nitrogens with one attached hydrogen (secondary N) is 1. The van der Waals surface area contributed by atoms with Crippen molar-refractivity contribution >= 4 is 61.6 Å². The maximum atomic E-state index is 12.3. The molecule has 0 radical (unpaired) electrons. The number of hydrogen-bond donors (Lipinski definition) is 1. The number of hydrogen-bond acceptors (Lipinski definition) is 2. The lowest BCUT2D eigenvalue weighted by Crippen LogP contribution is -2.20. The number of carbonyl (C=O) groups excluding carboxylic acids is 1. The molecule has 7 heteroatoms. The molecular formula is C17H11BrCl2N2O2. The van der Waals surface area contributed by atoms with Crippen molar-refractivity contribution in [3.63, 3.8) is 0 Å². The first kappa shape index (κ1) is 17.0. The van der Waals surface area contributed by atoms with E-state index in [0.29, 0.717) is 26.6 Å². The minimum absolute atomic E-state index is 0.0429. The topological polar surface area (TPSA) is 51.1 Å². The second-order valence-electron chi connectivity index (χ2n) is 5.14. The predicted molar refractivity (Wildman–Crippen MR) is 101 cm³/mol. The van der Waals surface area contributed by atoms with Crippen LogP contribution in [0.25, 0.3) is 10.9 Å². The smallest absolute Gasteiger partial charge is 0.244 e. The fourth-order valence-corrected chi connectivity index (χ4v) is 3.06. The highest BCUT2D eigenvalue weighted by Crippen LogP contribution is 2.25. The summed E-state index contributed by atoms with van der Waals surface area (Å²) >= 11 is 15.3. The van der Waals surface area contributed by atoms with E-state index < -0.39 is 0 Å². The summed E-state index contributed by atoms with van der Waals surface area (Å²) < 4.78 is 2.51. The quantitative estimate of drug-likeness (QED) is 0.660. The van der Waals surface area contributed by atoms with Gasteiger partial charge in [-0.25, -0.2) is 0 Å². The highest BCUT2D eigenvalue weighted by atomic mass is 79.9. The van der Waals surface area contributed by atoms with Gasteiger partial charge in [-0.2, -0.15) is 0 Å². The third-order valence-electron chi connectivity index (χ3n) is 3.46. The van der Waals surface area contributed by atoms with Gasteiger partial charge in [-0.15, -0.1) is 0 Å². The van der Waals surface area contributed by atoms with Crippen LogP contribution in [0.4, 0.5) is 5.69 Å². The molecule has 0 aliphatic heterocycles. The minimum Gasteiger partial charge on any atom is -0.338 e. The fourth-order valence-electron chi connectivity index (χ4n) is 2.36. The Kier molecular flexibility index (Phi) is 4.94. The van der Waals surface area contributed by atoms with Gasteiger partial charge < -0.3 is 9.88 Å². The molecular weight excluding hydrogens is 415 g/mol. The van der Waals surface area contributed by atoms with Crippen molar-refractivity contribution in [3.05, 3.63) is 73.4 Å². The minimum atomic E-state index is -0.271. The Hall–Kier alpha value is -1.82. The van der Waals surface area contributed by atoms with Crippen LogP contribution in [0.2, 0.25) is 10.0 Å². The molecule has 0 unspecified atom stereocenters. The number of aromatic nitrogens is 1. The van der Waals surface area contributed by atoms with E-state index in [2.05, 4.69) is 21.2 Å². The van der Waals surface area contributed by atoms with E-state index in [-0.39, 0.29) is 17.9 Å². The van der Waals surface area contributed by atoms with Crippen molar-refractivity contribution in [1.29, 1.82) is 0 Å². The maximum absolute atomic E-state index is 12.3. The lowest BCUT2D eigenvalue weighted by molar-refractivity contribution is -0.116. The van der Waals surface area contributed by atoms with Crippen LogP contribution < -0.4 is 10.7 Å². The molecule has 0 fully saturated rings. The number of fused-ring (bicyclic) bond motifs is 1. The second-order valence-corrected chi connectivity index (χ2v) is 6.90. The number of rotatable bonds is 3. The Morgan fingerprint density at radius 1 is 1.12 bits per heavy atom. The Balaban J connectivity index is 1.90. The molecule has 0 aliphatic carbocycles. The lowest BCUT2D eigenvalue weighted by Gasteiger charge is -2.12. The molecule has 1 N–H and O–H groups in total. The Morgan fingerprint density at radius 2 is 1.92 bits per heavy atom. The molecule has 0 atom stereocenters. The van der Waals surface area contributed by atoms with Crippen LogP contribution in [0.15, 0.2) is 57.9 Å². The van der Waals surface area contributed by atoms with Gasteiger partial charge in [0.1, 0.15) is 6.54 Å². The number of nitrogens with zero attached hydrogens (tertiary/aromatic N) is 1. The van der Waals surface area contributed by atoms with Crippen molar-refractivity contribution in [2.75, 3.05) is 5.32 Å². The van der Waals surface area contributed by atoms with Crippen LogP contribution in [-0.4, -0.2) is 10.5 Å². The summed E-state index contributed by atoms with van der Waals surface area (Å²) in [6.45, 7) is 0.0429. The van der Waals surface area contributed by atoms with Crippen molar-refractivity contribution in [3.8, 4) is 0 Å². The van der Waals surface area contributed by atoms with Gasteiger partial charge in [0, 0.05) is 27.1 Å². The second kappa shape index (κ2) is 6.97. The van der Waals surface area contributed by atoms with E-state index in [1.807, 2.05) is 6.07 Å². The molecule has 0 spiro atoms. The molecule has 1 amide bonds. The summed E-state index contributed by atoms with van der Waals surface area (Å²) in [6, 6.07) is 11.6. The summed E-state index contributed by atoms with van der Waals surface area (Å²) in [5, 5.41) is 4.15. The standard InChI is InChI=1S/C17H11BrCl2N2O2/c18-10-1-4-15-12(7-10)16(23)5-6-22(15)9-17(24)21-14-8-11(19)2-3-13(14)20/h1-8H,9H2,(H,21,24). The van der Waals surface area contributed by atoms with E-state index in [1.165, 1.54) is 6.07 Å². The molecule has 1 aromatic heterocycles. The lowest BCUT2D eigenvalue weighted by atomic mass is 10.2. The highest BCUT2D eigenvalue weighted by molar-refractivity contribution is 9.10. The zero-order valence-electron chi connectivity index (χ0n) is 12.2. The zero-order valence-corrected chi connectivity index (χ0v) is 15.3. The summed E-state index contributed by atoms with van der Waals surface area (Å²) in [7, 11) is 0. The summed E-state index contributed by atoms with van der Waals surface area (Å²) in [5.41, 5.74) is 1.03. The van der Waals surface area contributed by atoms with Crippen molar-refractivity contribution < 1.29 is 4.79 Å². The molecule has 0 aliphatic rings. The number of halogens is 3. The molecule has 2 aromatic carbocycles. The van der Waals surface area contributed by atoms with Gasteiger partial charge in [-0.05, 0) is 36.4 Å². The Morgan fingerprint density at radius 3 is 2.71 bits per heavy atom. The third kappa shape index (κ3) is 3.64. The van der Waals surface area contributed by atoms with E-state index in [1.54, 1.807) is 41.1 Å². The van der Waals surface area contributed by atoms with Crippen LogP contribution in [0.1, 0.15) is 0 Å². The van der Waals surface area contributed by atoms with Gasteiger partial charge in [0.25, 0.3) is 0 Å². The van der Waals surface area contributed by atoms with Gasteiger partial charge in [0.05, 0.1) is 16.2 Å². The maximum Gasteiger partial charge on any atom is 0.244 e. The molecule has 1 heterocycles. The molecule has 3 aromatic rings. The van der Waals surface area contributed by atoms with Crippen molar-refractivity contribution in [2.24, 2.45) is 0 Å². The van der Waals surface area contributed by atoms with Gasteiger partial charge in [-0.3, -0.25) is 9.59 Å². The monoisotopic (exact) mass is 424 g/mol. The molecule has 0 saturated heterocycles. The Labute approximate surface area is 156 Å². The largest absolute Gasteiger partial charge is 0.338 e. The van der Waals surface area contributed by atoms with Gasteiger partial charge >= 0.3 is 0 Å². The molecule has 3 rings (SSSR count). The van der Waals surface area contributed by atoms with Crippen LogP contribution in [0.5, 0.6) is 0 Å². The van der Waals surface area contributed by atoms with Crippen LogP contribution in [0, 0.1) is 0 Å². The number of amides is 1. The number of pyridine rings is 1. The first-order chi connectivity index (χ1) is 11.4. The van der Waals surface area contributed by atoms with Gasteiger partial charge in [-0.1, -0.05) is 39.1 Å².